The van der Waals surface area contributed by atoms with E-state index in [1.807, 2.05) is 0 Å². The summed E-state index contributed by atoms with van der Waals surface area (Å²) in [5.74, 6) is 0.834. The van der Waals surface area contributed by atoms with Gasteiger partial charge in [-0.25, -0.2) is 0 Å². The topological polar surface area (TPSA) is 26.0 Å². The molecular weight excluding hydrogens is 134 g/mol. The molecule has 1 aliphatic rings. The highest BCUT2D eigenvalue weighted by molar-refractivity contribution is 4.89. The molecule has 0 spiro atoms. The summed E-state index contributed by atoms with van der Waals surface area (Å²) < 4.78 is 0. The fourth-order valence-electron chi connectivity index (χ4n) is 1.77. The van der Waals surface area contributed by atoms with Crippen molar-refractivity contribution in [2.45, 2.75) is 38.5 Å². The highest BCUT2D eigenvalue weighted by Gasteiger charge is 2.07. The van der Waals surface area contributed by atoms with Gasteiger partial charge in [0.05, 0.1) is 0 Å². The fraction of sp³-hybridized carbons (Fsp3) is 0.800. The molecule has 1 aliphatic carbocycles. The monoisotopic (exact) mass is 153 g/mol. The van der Waals surface area contributed by atoms with Gasteiger partial charge in [-0.2, -0.15) is 0 Å². The van der Waals surface area contributed by atoms with Crippen molar-refractivity contribution in [2.24, 2.45) is 11.7 Å². The lowest BCUT2D eigenvalue weighted by Gasteiger charge is -2.06. The Hall–Kier alpha value is -0.300. The van der Waals surface area contributed by atoms with Crippen molar-refractivity contribution in [2.75, 3.05) is 6.54 Å². The third-order valence-corrected chi connectivity index (χ3v) is 2.44. The quantitative estimate of drug-likeness (QED) is 0.478. The molecule has 0 amide bonds. The van der Waals surface area contributed by atoms with Gasteiger partial charge in [-0.15, -0.1) is 0 Å². The van der Waals surface area contributed by atoms with Crippen LogP contribution in [0.3, 0.4) is 0 Å². The van der Waals surface area contributed by atoms with Crippen LogP contribution in [0.2, 0.25) is 0 Å². The third kappa shape index (κ3) is 3.57. The Labute approximate surface area is 69.7 Å². The molecule has 0 aromatic carbocycles. The number of allylic oxidation sites excluding steroid dienone is 1. The molecule has 0 bridgehead atoms. The first kappa shape index (κ1) is 8.79. The maximum Gasteiger partial charge on any atom is 0.0106 e. The third-order valence-electron chi connectivity index (χ3n) is 2.44. The molecule has 1 nitrogen and oxygen atoms in total. The van der Waals surface area contributed by atoms with Crippen molar-refractivity contribution in [1.82, 2.24) is 0 Å². The summed E-state index contributed by atoms with van der Waals surface area (Å²) in [6.45, 7) is 0.705. The summed E-state index contributed by atoms with van der Waals surface area (Å²) in [7, 11) is 0. The second kappa shape index (κ2) is 5.36. The minimum Gasteiger partial charge on any atom is -0.327 e. The summed E-state index contributed by atoms with van der Waals surface area (Å²) >= 11 is 0. The Bertz CT molecular complexity index is 110. The zero-order chi connectivity index (χ0) is 7.94. The van der Waals surface area contributed by atoms with E-state index in [0.29, 0.717) is 6.54 Å². The largest absolute Gasteiger partial charge is 0.327 e. The van der Waals surface area contributed by atoms with Gasteiger partial charge in [-0.1, -0.05) is 37.8 Å². The Morgan fingerprint density at radius 2 is 1.73 bits per heavy atom. The Kier molecular flexibility index (Phi) is 4.29. The van der Waals surface area contributed by atoms with Crippen molar-refractivity contribution in [3.8, 4) is 0 Å². The van der Waals surface area contributed by atoms with Gasteiger partial charge in [0.15, 0.2) is 0 Å². The van der Waals surface area contributed by atoms with Crippen molar-refractivity contribution in [3.05, 3.63) is 12.2 Å². The van der Waals surface area contributed by atoms with Crippen LogP contribution in [0.25, 0.3) is 0 Å². The van der Waals surface area contributed by atoms with Gasteiger partial charge in [0, 0.05) is 6.54 Å². The van der Waals surface area contributed by atoms with E-state index in [2.05, 4.69) is 12.2 Å². The molecule has 0 unspecified atom stereocenters. The Morgan fingerprint density at radius 3 is 2.27 bits per heavy atom. The Balaban J connectivity index is 2.25. The summed E-state index contributed by atoms with van der Waals surface area (Å²) in [6.07, 6.45) is 12.9. The van der Waals surface area contributed by atoms with Gasteiger partial charge in [-0.3, -0.25) is 0 Å². The molecule has 0 atom stereocenters. The molecule has 0 aromatic heterocycles. The minimum absolute atomic E-state index is 0.705. The van der Waals surface area contributed by atoms with Crippen LogP contribution < -0.4 is 5.73 Å². The summed E-state index contributed by atoms with van der Waals surface area (Å²) in [5, 5.41) is 0. The first-order chi connectivity index (χ1) is 5.43. The smallest absolute Gasteiger partial charge is 0.0106 e. The molecule has 2 N–H and O–H groups in total. The van der Waals surface area contributed by atoms with Gasteiger partial charge in [-0.05, 0) is 18.8 Å². The van der Waals surface area contributed by atoms with Crippen molar-refractivity contribution in [1.29, 1.82) is 0 Å². The molecule has 1 saturated carbocycles. The molecule has 1 heteroatoms. The van der Waals surface area contributed by atoms with Crippen LogP contribution in [0.15, 0.2) is 12.2 Å². The molecular formula is C10H19N. The number of rotatable bonds is 2. The van der Waals surface area contributed by atoms with E-state index >= 15 is 0 Å². The maximum atomic E-state index is 5.40. The average molecular weight is 153 g/mol. The van der Waals surface area contributed by atoms with Crippen molar-refractivity contribution >= 4 is 0 Å². The predicted molar refractivity (Wildman–Crippen MR) is 49.4 cm³/mol. The standard InChI is InChI=1S/C10H19N/c11-9-5-8-10-6-3-1-2-4-7-10/h5,8,10H,1-4,6-7,9,11H2/b8-5+. The first-order valence-corrected chi connectivity index (χ1v) is 4.80. The van der Waals surface area contributed by atoms with E-state index in [9.17, 15) is 0 Å². The number of nitrogens with two attached hydrogens (primary N) is 1. The fourth-order valence-corrected chi connectivity index (χ4v) is 1.77. The molecule has 1 fully saturated rings. The maximum absolute atomic E-state index is 5.40. The number of hydrogen-bond donors (Lipinski definition) is 1. The van der Waals surface area contributed by atoms with E-state index in [1.165, 1.54) is 38.5 Å². The lowest BCUT2D eigenvalue weighted by Crippen LogP contribution is -1.97. The SMILES string of the molecule is NC/C=C/C1CCCCCC1. The van der Waals surface area contributed by atoms with Crippen molar-refractivity contribution < 1.29 is 0 Å². The van der Waals surface area contributed by atoms with E-state index in [-0.39, 0.29) is 0 Å². The van der Waals surface area contributed by atoms with E-state index < -0.39 is 0 Å². The summed E-state index contributed by atoms with van der Waals surface area (Å²) in [4.78, 5) is 0. The molecule has 0 heterocycles. The summed E-state index contributed by atoms with van der Waals surface area (Å²) in [5.41, 5.74) is 5.40. The van der Waals surface area contributed by atoms with E-state index in [4.69, 9.17) is 5.73 Å². The number of hydrogen-bond acceptors (Lipinski definition) is 1. The average Bonchev–Trinajstić information content (AvgIpc) is 2.28. The van der Waals surface area contributed by atoms with Crippen LogP contribution in [-0.2, 0) is 0 Å². The molecule has 64 valence electrons. The molecule has 0 aliphatic heterocycles. The molecule has 0 saturated heterocycles. The molecule has 0 aromatic rings. The predicted octanol–water partition coefficient (Wildman–Crippen LogP) is 2.47. The lowest BCUT2D eigenvalue weighted by molar-refractivity contribution is 0.558. The lowest BCUT2D eigenvalue weighted by atomic mass is 10.0. The Morgan fingerprint density at radius 1 is 1.09 bits per heavy atom. The van der Waals surface area contributed by atoms with Gasteiger partial charge in [0.1, 0.15) is 0 Å². The second-order valence-corrected chi connectivity index (χ2v) is 3.42. The molecule has 11 heavy (non-hydrogen) atoms. The van der Waals surface area contributed by atoms with Crippen LogP contribution in [0.4, 0.5) is 0 Å². The van der Waals surface area contributed by atoms with Gasteiger partial charge < -0.3 is 5.73 Å². The van der Waals surface area contributed by atoms with Crippen LogP contribution in [-0.4, -0.2) is 6.54 Å². The first-order valence-electron chi connectivity index (χ1n) is 4.80. The van der Waals surface area contributed by atoms with Crippen LogP contribution in [0, 0.1) is 5.92 Å². The zero-order valence-electron chi connectivity index (χ0n) is 7.26. The van der Waals surface area contributed by atoms with Gasteiger partial charge in [0.25, 0.3) is 0 Å². The van der Waals surface area contributed by atoms with Gasteiger partial charge in [0.2, 0.25) is 0 Å². The van der Waals surface area contributed by atoms with E-state index in [1.54, 1.807) is 0 Å². The minimum atomic E-state index is 0.705. The second-order valence-electron chi connectivity index (χ2n) is 3.42. The molecule has 0 radical (unpaired) electrons. The van der Waals surface area contributed by atoms with Crippen LogP contribution in [0.1, 0.15) is 38.5 Å². The highest BCUT2D eigenvalue weighted by Crippen LogP contribution is 2.23. The van der Waals surface area contributed by atoms with Crippen LogP contribution in [0.5, 0.6) is 0 Å². The zero-order valence-corrected chi connectivity index (χ0v) is 7.26. The molecule has 1 rings (SSSR count). The highest BCUT2D eigenvalue weighted by atomic mass is 14.5. The van der Waals surface area contributed by atoms with Gasteiger partial charge >= 0.3 is 0 Å². The summed E-state index contributed by atoms with van der Waals surface area (Å²) in [6, 6.07) is 0. The van der Waals surface area contributed by atoms with E-state index in [0.717, 1.165) is 5.92 Å². The van der Waals surface area contributed by atoms with Crippen molar-refractivity contribution in [3.63, 3.8) is 0 Å². The normalized spacial score (nSPS) is 22.3. The van der Waals surface area contributed by atoms with Crippen LogP contribution >= 0.6 is 0 Å².